The van der Waals surface area contributed by atoms with Crippen molar-refractivity contribution in [1.29, 1.82) is 0 Å². The van der Waals surface area contributed by atoms with E-state index in [1.165, 1.54) is 0 Å². The van der Waals surface area contributed by atoms with Crippen molar-refractivity contribution in [2.24, 2.45) is 11.8 Å². The molecule has 1 aliphatic rings. The van der Waals surface area contributed by atoms with E-state index in [1.807, 2.05) is 66.4 Å². The first kappa shape index (κ1) is 25.1. The Hall–Kier alpha value is -2.96. The van der Waals surface area contributed by atoms with E-state index in [-0.39, 0.29) is 17.9 Å². The van der Waals surface area contributed by atoms with Crippen LogP contribution in [0, 0.1) is 18.8 Å². The largest absolute Gasteiger partial charge is 0.439 e. The number of methoxy groups -OCH3 is 2. The van der Waals surface area contributed by atoms with Gasteiger partial charge in [0.25, 0.3) is 0 Å². The van der Waals surface area contributed by atoms with Gasteiger partial charge < -0.3 is 19.1 Å². The Labute approximate surface area is 208 Å². The van der Waals surface area contributed by atoms with Crippen LogP contribution < -0.4 is 9.64 Å². The third kappa shape index (κ3) is 6.00. The molecule has 1 saturated carbocycles. The van der Waals surface area contributed by atoms with Crippen molar-refractivity contribution < 1.29 is 19.0 Å². The Morgan fingerprint density at radius 2 is 1.71 bits per heavy atom. The molecule has 0 bridgehead atoms. The number of fused-ring (bicyclic) bond motifs is 1. The first-order valence-corrected chi connectivity index (χ1v) is 12.5. The van der Waals surface area contributed by atoms with Crippen molar-refractivity contribution in [3.63, 3.8) is 0 Å². The molecule has 1 heterocycles. The molecule has 1 aromatic heterocycles. The molecule has 6 heteroatoms. The summed E-state index contributed by atoms with van der Waals surface area (Å²) < 4.78 is 17.1. The highest BCUT2D eigenvalue weighted by Gasteiger charge is 2.33. The smallest absolute Gasteiger partial charge is 0.230 e. The molecule has 0 aliphatic heterocycles. The number of amides is 1. The van der Waals surface area contributed by atoms with Gasteiger partial charge in [0, 0.05) is 37.3 Å². The average molecular weight is 477 g/mol. The molecule has 1 amide bonds. The monoisotopic (exact) mass is 476 g/mol. The van der Waals surface area contributed by atoms with E-state index in [0.29, 0.717) is 30.8 Å². The third-order valence-electron chi connectivity index (χ3n) is 6.91. The molecule has 0 atom stereocenters. The van der Waals surface area contributed by atoms with E-state index < -0.39 is 0 Å². The predicted octanol–water partition coefficient (Wildman–Crippen LogP) is 6.16. The van der Waals surface area contributed by atoms with Gasteiger partial charge in [-0.15, -0.1) is 0 Å². The van der Waals surface area contributed by atoms with Gasteiger partial charge >= 0.3 is 0 Å². The maximum atomic E-state index is 13.8. The summed E-state index contributed by atoms with van der Waals surface area (Å²) >= 11 is 0. The molecule has 35 heavy (non-hydrogen) atoms. The van der Waals surface area contributed by atoms with Gasteiger partial charge in [-0.05, 0) is 74.4 Å². The lowest BCUT2D eigenvalue weighted by molar-refractivity contribution is -0.124. The quantitative estimate of drug-likeness (QED) is 0.370. The Balaban J connectivity index is 1.61. The fraction of sp³-hybridized carbons (Fsp3) is 0.448. The molecule has 0 unspecified atom stereocenters. The number of rotatable bonds is 9. The topological polar surface area (TPSA) is 60.9 Å². The number of carbonyl (C=O) groups is 1. The van der Waals surface area contributed by atoms with Gasteiger partial charge in [0.15, 0.2) is 0 Å². The van der Waals surface area contributed by atoms with E-state index in [0.717, 1.165) is 47.8 Å². The summed E-state index contributed by atoms with van der Waals surface area (Å²) in [5.74, 6) is 2.09. The number of nitrogens with zero attached hydrogens (tertiary/aromatic N) is 2. The van der Waals surface area contributed by atoms with Crippen LogP contribution in [0.25, 0.3) is 10.9 Å². The van der Waals surface area contributed by atoms with Gasteiger partial charge in [0.1, 0.15) is 5.75 Å². The van der Waals surface area contributed by atoms with Crippen LogP contribution in [0.15, 0.2) is 54.6 Å². The minimum atomic E-state index is -0.204. The van der Waals surface area contributed by atoms with Gasteiger partial charge in [0.05, 0.1) is 24.8 Å². The highest BCUT2D eigenvalue weighted by atomic mass is 16.5. The third-order valence-corrected chi connectivity index (χ3v) is 6.91. The van der Waals surface area contributed by atoms with Crippen LogP contribution in [0.4, 0.5) is 5.69 Å². The van der Waals surface area contributed by atoms with Gasteiger partial charge in [-0.2, -0.15) is 0 Å². The van der Waals surface area contributed by atoms with Gasteiger partial charge in [-0.25, -0.2) is 4.98 Å². The van der Waals surface area contributed by atoms with Crippen molar-refractivity contribution in [3.8, 4) is 11.6 Å². The number of hydrogen-bond donors (Lipinski definition) is 0. The number of aryl methyl sites for hydroxylation is 1. The summed E-state index contributed by atoms with van der Waals surface area (Å²) in [5, 5.41) is 1.07. The molecule has 0 spiro atoms. The van der Waals surface area contributed by atoms with Crippen molar-refractivity contribution in [2.45, 2.75) is 45.6 Å². The minimum Gasteiger partial charge on any atom is -0.439 e. The molecule has 1 fully saturated rings. The standard InChI is InChI=1S/C29H36N2O4/c1-20-9-11-23(12-10-20)29(32)31(24(18-33-3)19-34-4)27-15-14-25(17-21(27)2)35-28-16-13-22-7-5-6-8-26(22)30-28/h5-8,13-17,20,23-24H,9-12,18-19H2,1-4H3. The van der Waals surface area contributed by atoms with E-state index in [2.05, 4.69) is 11.9 Å². The summed E-state index contributed by atoms with van der Waals surface area (Å²) in [6.07, 6.45) is 4.04. The molecule has 2 aromatic carbocycles. The first-order valence-electron chi connectivity index (χ1n) is 12.5. The number of anilines is 1. The van der Waals surface area contributed by atoms with Crippen LogP contribution in [-0.2, 0) is 14.3 Å². The second kappa shape index (κ2) is 11.6. The number of carbonyl (C=O) groups excluding carboxylic acids is 1. The van der Waals surface area contributed by atoms with Gasteiger partial charge in [-0.1, -0.05) is 25.1 Å². The van der Waals surface area contributed by atoms with Gasteiger partial charge in [-0.3, -0.25) is 4.79 Å². The summed E-state index contributed by atoms with van der Waals surface area (Å²) in [6, 6.07) is 17.5. The summed E-state index contributed by atoms with van der Waals surface area (Å²) in [5.41, 5.74) is 2.71. The molecular weight excluding hydrogens is 440 g/mol. The predicted molar refractivity (Wildman–Crippen MR) is 139 cm³/mol. The Kier molecular flexibility index (Phi) is 8.37. The zero-order valence-electron chi connectivity index (χ0n) is 21.2. The lowest BCUT2D eigenvalue weighted by Crippen LogP contribution is -2.49. The van der Waals surface area contributed by atoms with Crippen LogP contribution >= 0.6 is 0 Å². The van der Waals surface area contributed by atoms with E-state index in [9.17, 15) is 4.79 Å². The second-order valence-corrected chi connectivity index (χ2v) is 9.62. The van der Waals surface area contributed by atoms with Crippen LogP contribution in [0.1, 0.15) is 38.2 Å². The second-order valence-electron chi connectivity index (χ2n) is 9.62. The van der Waals surface area contributed by atoms with Crippen LogP contribution in [-0.4, -0.2) is 44.4 Å². The molecule has 186 valence electrons. The summed E-state index contributed by atoms with van der Waals surface area (Å²) in [4.78, 5) is 20.3. The highest BCUT2D eigenvalue weighted by Crippen LogP contribution is 2.34. The molecule has 0 N–H and O–H groups in total. The van der Waals surface area contributed by atoms with Gasteiger partial charge in [0.2, 0.25) is 11.8 Å². The fourth-order valence-electron chi connectivity index (χ4n) is 4.97. The van der Waals surface area contributed by atoms with E-state index in [1.54, 1.807) is 14.2 Å². The van der Waals surface area contributed by atoms with Crippen LogP contribution in [0.5, 0.6) is 11.6 Å². The van der Waals surface area contributed by atoms with Crippen molar-refractivity contribution in [3.05, 3.63) is 60.2 Å². The number of hydrogen-bond acceptors (Lipinski definition) is 5. The minimum absolute atomic E-state index is 0.0274. The fourth-order valence-corrected chi connectivity index (χ4v) is 4.97. The molecular formula is C29H36N2O4. The molecule has 4 rings (SSSR count). The lowest BCUT2D eigenvalue weighted by atomic mass is 9.82. The molecule has 0 radical (unpaired) electrons. The molecule has 3 aromatic rings. The number of aromatic nitrogens is 1. The van der Waals surface area contributed by atoms with Crippen LogP contribution in [0.2, 0.25) is 0 Å². The maximum Gasteiger partial charge on any atom is 0.230 e. The molecule has 1 aliphatic carbocycles. The number of para-hydroxylation sites is 1. The Bertz CT molecular complexity index is 1130. The molecule has 6 nitrogen and oxygen atoms in total. The van der Waals surface area contributed by atoms with E-state index >= 15 is 0 Å². The Morgan fingerprint density at radius 3 is 2.40 bits per heavy atom. The number of pyridine rings is 1. The SMILES string of the molecule is COCC(COC)N(C(=O)C1CCC(C)CC1)c1ccc(Oc2ccc3ccccc3n2)cc1C. The summed E-state index contributed by atoms with van der Waals surface area (Å²) in [7, 11) is 3.32. The maximum absolute atomic E-state index is 13.8. The Morgan fingerprint density at radius 1 is 1.00 bits per heavy atom. The zero-order chi connectivity index (χ0) is 24.8. The van der Waals surface area contributed by atoms with Crippen molar-refractivity contribution in [2.75, 3.05) is 32.3 Å². The highest BCUT2D eigenvalue weighted by molar-refractivity contribution is 5.96. The first-order chi connectivity index (χ1) is 17.0. The van der Waals surface area contributed by atoms with Crippen molar-refractivity contribution >= 4 is 22.5 Å². The number of benzene rings is 2. The van der Waals surface area contributed by atoms with Crippen molar-refractivity contribution in [1.82, 2.24) is 4.98 Å². The van der Waals surface area contributed by atoms with Crippen LogP contribution in [0.3, 0.4) is 0 Å². The average Bonchev–Trinajstić information content (AvgIpc) is 2.86. The summed E-state index contributed by atoms with van der Waals surface area (Å²) in [6.45, 7) is 5.09. The molecule has 0 saturated heterocycles. The lowest BCUT2D eigenvalue weighted by Gasteiger charge is -2.36. The zero-order valence-corrected chi connectivity index (χ0v) is 21.2. The normalized spacial score (nSPS) is 18.1. The van der Waals surface area contributed by atoms with E-state index in [4.69, 9.17) is 14.2 Å². The number of ether oxygens (including phenoxy) is 3.